The Balaban J connectivity index is 1.48. The lowest BCUT2D eigenvalue weighted by molar-refractivity contribution is 0.374. The van der Waals surface area contributed by atoms with Crippen molar-refractivity contribution in [2.24, 2.45) is 0 Å². The van der Waals surface area contributed by atoms with Gasteiger partial charge in [0.15, 0.2) is 5.82 Å². The Morgan fingerprint density at radius 2 is 1.79 bits per heavy atom. The van der Waals surface area contributed by atoms with Crippen LogP contribution in [-0.2, 0) is 0 Å². The second-order valence-electron chi connectivity index (χ2n) is 9.08. The fourth-order valence-corrected chi connectivity index (χ4v) is 4.93. The molecule has 0 spiro atoms. The molecule has 2 saturated carbocycles. The molecular weight excluding hydrogens is 417 g/mol. The number of methoxy groups -OCH3 is 1. The quantitative estimate of drug-likeness (QED) is 0.338. The Morgan fingerprint density at radius 3 is 2.45 bits per heavy atom. The number of nitrogens with zero attached hydrogens (tertiary/aromatic N) is 2. The summed E-state index contributed by atoms with van der Waals surface area (Å²) in [5, 5.41) is 4.24. The van der Waals surface area contributed by atoms with E-state index in [-0.39, 0.29) is 5.82 Å². The maximum atomic E-state index is 15.9. The molecule has 0 bridgehead atoms. The molecule has 2 aromatic carbocycles. The number of furan rings is 1. The maximum absolute atomic E-state index is 15.9. The highest BCUT2D eigenvalue weighted by atomic mass is 19.1. The molecule has 0 atom stereocenters. The predicted octanol–water partition coefficient (Wildman–Crippen LogP) is 7.32. The minimum Gasteiger partial charge on any atom is -0.496 e. The van der Waals surface area contributed by atoms with Crippen molar-refractivity contribution in [1.82, 2.24) is 9.97 Å². The van der Waals surface area contributed by atoms with E-state index in [0.717, 1.165) is 47.9 Å². The van der Waals surface area contributed by atoms with Crippen LogP contribution in [0.15, 0.2) is 53.4 Å². The van der Waals surface area contributed by atoms with Crippen LogP contribution in [0.25, 0.3) is 22.2 Å². The molecule has 2 aromatic heterocycles. The molecule has 4 aromatic rings. The van der Waals surface area contributed by atoms with E-state index in [1.54, 1.807) is 25.5 Å². The summed E-state index contributed by atoms with van der Waals surface area (Å²) in [4.78, 5) is 8.99. The number of benzene rings is 2. The number of rotatable bonds is 6. The first-order valence-corrected chi connectivity index (χ1v) is 11.7. The smallest absolute Gasteiger partial charge is 0.157 e. The number of ether oxygens (including phenoxy) is 1. The fraction of sp³-hybridized carbons (Fsp3) is 0.333. The zero-order valence-corrected chi connectivity index (χ0v) is 18.6. The Bertz CT molecular complexity index is 1310. The second kappa shape index (κ2) is 8.18. The number of hydrogen-bond acceptors (Lipinski definition) is 5. The maximum Gasteiger partial charge on any atom is 0.157 e. The van der Waals surface area contributed by atoms with Gasteiger partial charge in [-0.15, -0.1) is 0 Å². The van der Waals surface area contributed by atoms with E-state index < -0.39 is 0 Å². The summed E-state index contributed by atoms with van der Waals surface area (Å²) < 4.78 is 27.1. The SMILES string of the molecule is COc1cc2ncnc(Nc3c(C4CCC4)ccc(-c4ccco4)c3F)c2cc1C1CCC1. The first-order valence-electron chi connectivity index (χ1n) is 11.7. The number of fused-ring (bicyclic) bond motifs is 1. The van der Waals surface area contributed by atoms with Gasteiger partial charge in [-0.25, -0.2) is 14.4 Å². The molecule has 5 nitrogen and oxygen atoms in total. The molecule has 2 aliphatic rings. The van der Waals surface area contributed by atoms with Crippen LogP contribution in [0.4, 0.5) is 15.9 Å². The third kappa shape index (κ3) is 3.45. The molecule has 0 amide bonds. The first kappa shape index (κ1) is 20.2. The van der Waals surface area contributed by atoms with Gasteiger partial charge in [0.2, 0.25) is 0 Å². The summed E-state index contributed by atoms with van der Waals surface area (Å²) in [7, 11) is 1.70. The topological polar surface area (TPSA) is 60.2 Å². The van der Waals surface area contributed by atoms with Crippen molar-refractivity contribution < 1.29 is 13.5 Å². The van der Waals surface area contributed by atoms with Crippen molar-refractivity contribution in [1.29, 1.82) is 0 Å². The Hall–Kier alpha value is -3.41. The molecule has 168 valence electrons. The van der Waals surface area contributed by atoms with Crippen LogP contribution in [-0.4, -0.2) is 17.1 Å². The van der Waals surface area contributed by atoms with Crippen LogP contribution in [0, 0.1) is 5.82 Å². The minimum absolute atomic E-state index is 0.311. The van der Waals surface area contributed by atoms with Gasteiger partial charge in [0.1, 0.15) is 23.7 Å². The molecule has 2 aliphatic carbocycles. The van der Waals surface area contributed by atoms with Gasteiger partial charge >= 0.3 is 0 Å². The zero-order chi connectivity index (χ0) is 22.4. The van der Waals surface area contributed by atoms with Gasteiger partial charge in [-0.1, -0.05) is 18.9 Å². The van der Waals surface area contributed by atoms with E-state index in [0.29, 0.717) is 34.7 Å². The highest BCUT2D eigenvalue weighted by Gasteiger charge is 2.28. The third-order valence-corrected chi connectivity index (χ3v) is 7.28. The summed E-state index contributed by atoms with van der Waals surface area (Å²) in [6.45, 7) is 0. The summed E-state index contributed by atoms with van der Waals surface area (Å²) in [6, 6.07) is 11.5. The fourth-order valence-electron chi connectivity index (χ4n) is 4.93. The van der Waals surface area contributed by atoms with Crippen molar-refractivity contribution in [2.75, 3.05) is 12.4 Å². The van der Waals surface area contributed by atoms with Gasteiger partial charge in [-0.2, -0.15) is 0 Å². The molecular formula is C27H26FN3O2. The Morgan fingerprint density at radius 1 is 1.00 bits per heavy atom. The normalized spacial score (nSPS) is 16.4. The number of halogens is 1. The molecule has 0 unspecified atom stereocenters. The summed E-state index contributed by atoms with van der Waals surface area (Å²) in [5.74, 6) is 2.51. The van der Waals surface area contributed by atoms with Gasteiger partial charge < -0.3 is 14.5 Å². The Labute approximate surface area is 192 Å². The van der Waals surface area contributed by atoms with Crippen LogP contribution in [0.5, 0.6) is 5.75 Å². The third-order valence-electron chi connectivity index (χ3n) is 7.28. The van der Waals surface area contributed by atoms with Gasteiger partial charge in [-0.05, 0) is 72.9 Å². The van der Waals surface area contributed by atoms with E-state index in [4.69, 9.17) is 9.15 Å². The number of hydrogen-bond donors (Lipinski definition) is 1. The molecule has 2 heterocycles. The van der Waals surface area contributed by atoms with E-state index in [2.05, 4.69) is 21.4 Å². The average molecular weight is 444 g/mol. The lowest BCUT2D eigenvalue weighted by Gasteiger charge is -2.29. The Kier molecular flexibility index (Phi) is 5.01. The van der Waals surface area contributed by atoms with Crippen LogP contribution in [0.2, 0.25) is 0 Å². The molecule has 1 N–H and O–H groups in total. The molecule has 0 aliphatic heterocycles. The molecule has 6 rings (SSSR count). The van der Waals surface area contributed by atoms with E-state index in [1.165, 1.54) is 24.7 Å². The summed E-state index contributed by atoms with van der Waals surface area (Å²) >= 11 is 0. The van der Waals surface area contributed by atoms with Crippen molar-refractivity contribution in [3.8, 4) is 17.1 Å². The number of anilines is 2. The summed E-state index contributed by atoms with van der Waals surface area (Å²) in [6.07, 6.45) is 9.95. The van der Waals surface area contributed by atoms with Crippen LogP contribution in [0.3, 0.4) is 0 Å². The van der Waals surface area contributed by atoms with Gasteiger partial charge in [0, 0.05) is 11.5 Å². The number of aromatic nitrogens is 2. The molecule has 6 heteroatoms. The van der Waals surface area contributed by atoms with Crippen LogP contribution in [0.1, 0.15) is 61.5 Å². The van der Waals surface area contributed by atoms with Gasteiger partial charge in [0.25, 0.3) is 0 Å². The predicted molar refractivity (Wildman–Crippen MR) is 127 cm³/mol. The second-order valence-corrected chi connectivity index (χ2v) is 9.08. The molecule has 0 saturated heterocycles. The standard InChI is InChI=1S/C27H26FN3O2/c1-32-24-14-22-21(13-20(24)17-7-3-8-17)27(30-15-29-22)31-26-18(16-5-2-6-16)10-11-19(25(26)28)23-9-4-12-33-23/h4,9-17H,2-3,5-8H2,1H3,(H,29,30,31). The van der Waals surface area contributed by atoms with E-state index in [1.807, 2.05) is 18.2 Å². The summed E-state index contributed by atoms with van der Waals surface area (Å²) in [5.41, 5.74) is 3.88. The highest BCUT2D eigenvalue weighted by Crippen LogP contribution is 2.45. The zero-order valence-electron chi connectivity index (χ0n) is 18.6. The lowest BCUT2D eigenvalue weighted by Crippen LogP contribution is -2.13. The van der Waals surface area contributed by atoms with Crippen molar-refractivity contribution >= 4 is 22.4 Å². The largest absolute Gasteiger partial charge is 0.496 e. The minimum atomic E-state index is -0.311. The van der Waals surface area contributed by atoms with Crippen molar-refractivity contribution in [3.05, 3.63) is 65.9 Å². The monoisotopic (exact) mass is 443 g/mol. The highest BCUT2D eigenvalue weighted by molar-refractivity contribution is 5.93. The average Bonchev–Trinajstić information content (AvgIpc) is 3.28. The van der Waals surface area contributed by atoms with E-state index in [9.17, 15) is 0 Å². The first-order chi connectivity index (χ1) is 16.2. The van der Waals surface area contributed by atoms with Crippen molar-refractivity contribution in [3.63, 3.8) is 0 Å². The van der Waals surface area contributed by atoms with E-state index >= 15 is 4.39 Å². The molecule has 33 heavy (non-hydrogen) atoms. The number of nitrogens with one attached hydrogen (secondary N) is 1. The lowest BCUT2D eigenvalue weighted by atomic mass is 9.78. The van der Waals surface area contributed by atoms with Crippen LogP contribution < -0.4 is 10.1 Å². The molecule has 2 fully saturated rings. The van der Waals surface area contributed by atoms with Crippen molar-refractivity contribution in [2.45, 2.75) is 50.4 Å². The van der Waals surface area contributed by atoms with Gasteiger partial charge in [0.05, 0.1) is 30.1 Å². The van der Waals surface area contributed by atoms with Gasteiger partial charge in [-0.3, -0.25) is 0 Å². The van der Waals surface area contributed by atoms with Crippen LogP contribution >= 0.6 is 0 Å². The molecule has 0 radical (unpaired) electrons.